The number of ether oxygens (including phenoxy) is 1. The molecule has 23 heavy (non-hydrogen) atoms. The molecule has 0 aliphatic rings. The highest BCUT2D eigenvalue weighted by molar-refractivity contribution is 8.00. The number of H-pyrrole nitrogens is 1. The Labute approximate surface area is 140 Å². The number of rotatable bonds is 5. The van der Waals surface area contributed by atoms with Crippen molar-refractivity contribution in [2.45, 2.75) is 5.03 Å². The van der Waals surface area contributed by atoms with Crippen molar-refractivity contribution in [3.63, 3.8) is 0 Å². The van der Waals surface area contributed by atoms with Crippen molar-refractivity contribution in [3.8, 4) is 5.75 Å². The van der Waals surface area contributed by atoms with E-state index in [-0.39, 0.29) is 16.9 Å². The minimum Gasteiger partial charge on any atom is -0.497 e. The largest absolute Gasteiger partial charge is 0.497 e. The molecular formula is C14H12ClN5O2S. The number of halogens is 1. The molecule has 0 fully saturated rings. The normalized spacial score (nSPS) is 10.7. The second-order valence-electron chi connectivity index (χ2n) is 4.46. The zero-order chi connectivity index (χ0) is 16.2. The van der Waals surface area contributed by atoms with Crippen molar-refractivity contribution in [1.29, 1.82) is 0 Å². The molecule has 3 aromatic rings. The summed E-state index contributed by atoms with van der Waals surface area (Å²) < 4.78 is 5.07. The topological polar surface area (TPSA) is 92.8 Å². The summed E-state index contributed by atoms with van der Waals surface area (Å²) >= 11 is 7.11. The Morgan fingerprint density at radius 2 is 2.13 bits per heavy atom. The first-order valence-electron chi connectivity index (χ1n) is 6.59. The van der Waals surface area contributed by atoms with Gasteiger partial charge in [-0.15, -0.1) is 0 Å². The summed E-state index contributed by atoms with van der Waals surface area (Å²) in [5, 5.41) is 3.49. The second kappa shape index (κ2) is 6.84. The molecule has 2 heterocycles. The number of hydrogen-bond donors (Lipinski definition) is 2. The zero-order valence-corrected chi connectivity index (χ0v) is 13.6. The predicted molar refractivity (Wildman–Crippen MR) is 89.0 cm³/mol. The maximum atomic E-state index is 12.0. The quantitative estimate of drug-likeness (QED) is 0.418. The number of imidazole rings is 1. The van der Waals surface area contributed by atoms with E-state index < -0.39 is 0 Å². The van der Waals surface area contributed by atoms with Gasteiger partial charge in [0.2, 0.25) is 11.2 Å². The minimum atomic E-state index is -0.150. The number of fused-ring (bicyclic) bond motifs is 1. The van der Waals surface area contributed by atoms with Gasteiger partial charge in [-0.3, -0.25) is 4.79 Å². The third-order valence-electron chi connectivity index (χ3n) is 2.94. The van der Waals surface area contributed by atoms with Crippen LogP contribution in [0.2, 0.25) is 5.28 Å². The smallest absolute Gasteiger partial charge is 0.234 e. The molecule has 2 N–H and O–H groups in total. The van der Waals surface area contributed by atoms with Gasteiger partial charge in [-0.25, -0.2) is 9.97 Å². The molecule has 2 aromatic heterocycles. The van der Waals surface area contributed by atoms with Gasteiger partial charge in [-0.2, -0.15) is 4.98 Å². The molecule has 0 aliphatic heterocycles. The van der Waals surface area contributed by atoms with Crippen molar-refractivity contribution < 1.29 is 9.53 Å². The van der Waals surface area contributed by atoms with Crippen LogP contribution in [0.4, 0.5) is 5.69 Å². The van der Waals surface area contributed by atoms with Crippen LogP contribution in [0.5, 0.6) is 5.75 Å². The fraction of sp³-hybridized carbons (Fsp3) is 0.143. The summed E-state index contributed by atoms with van der Waals surface area (Å²) in [4.78, 5) is 27.1. The number of aromatic amines is 1. The summed E-state index contributed by atoms with van der Waals surface area (Å²) in [6.45, 7) is 0. The number of carbonyl (C=O) groups is 1. The number of nitrogens with zero attached hydrogens (tertiary/aromatic N) is 3. The third-order valence-corrected chi connectivity index (χ3v) is 4.08. The maximum Gasteiger partial charge on any atom is 0.234 e. The van der Waals surface area contributed by atoms with Crippen LogP contribution in [0.15, 0.2) is 35.6 Å². The third kappa shape index (κ3) is 3.72. The lowest BCUT2D eigenvalue weighted by Gasteiger charge is -2.06. The fourth-order valence-electron chi connectivity index (χ4n) is 1.89. The van der Waals surface area contributed by atoms with Crippen molar-refractivity contribution in [3.05, 3.63) is 35.9 Å². The van der Waals surface area contributed by atoms with Crippen LogP contribution < -0.4 is 10.1 Å². The Bertz CT molecular complexity index is 837. The molecule has 9 heteroatoms. The number of benzene rings is 1. The van der Waals surface area contributed by atoms with Crippen molar-refractivity contribution in [1.82, 2.24) is 19.9 Å². The molecule has 0 atom stereocenters. The Morgan fingerprint density at radius 3 is 2.87 bits per heavy atom. The lowest BCUT2D eigenvalue weighted by molar-refractivity contribution is -0.113. The number of anilines is 1. The number of aromatic nitrogens is 4. The van der Waals surface area contributed by atoms with E-state index in [9.17, 15) is 4.79 Å². The van der Waals surface area contributed by atoms with E-state index in [0.29, 0.717) is 21.9 Å². The van der Waals surface area contributed by atoms with Crippen LogP contribution in [0.3, 0.4) is 0 Å². The van der Waals surface area contributed by atoms with Gasteiger partial charge in [0.05, 0.1) is 19.2 Å². The first-order chi connectivity index (χ1) is 11.2. The molecule has 0 saturated heterocycles. The lowest BCUT2D eigenvalue weighted by atomic mass is 10.3. The second-order valence-corrected chi connectivity index (χ2v) is 5.77. The first kappa shape index (κ1) is 15.6. The number of methoxy groups -OCH3 is 1. The first-order valence-corrected chi connectivity index (χ1v) is 7.95. The van der Waals surface area contributed by atoms with Gasteiger partial charge in [0.1, 0.15) is 16.3 Å². The van der Waals surface area contributed by atoms with Crippen LogP contribution in [0.1, 0.15) is 0 Å². The van der Waals surface area contributed by atoms with Gasteiger partial charge in [0.25, 0.3) is 0 Å². The van der Waals surface area contributed by atoms with E-state index >= 15 is 0 Å². The van der Waals surface area contributed by atoms with E-state index in [1.165, 1.54) is 18.1 Å². The summed E-state index contributed by atoms with van der Waals surface area (Å²) in [6, 6.07) is 7.11. The van der Waals surface area contributed by atoms with E-state index in [2.05, 4.69) is 25.3 Å². The number of nitrogens with one attached hydrogen (secondary N) is 2. The molecule has 3 rings (SSSR count). The average molecular weight is 350 g/mol. The molecule has 1 amide bonds. The fourth-order valence-corrected chi connectivity index (χ4v) is 2.89. The number of thioether (sulfide) groups is 1. The molecule has 0 spiro atoms. The van der Waals surface area contributed by atoms with Gasteiger partial charge >= 0.3 is 0 Å². The highest BCUT2D eigenvalue weighted by atomic mass is 35.5. The molecule has 0 saturated carbocycles. The monoisotopic (exact) mass is 349 g/mol. The lowest BCUT2D eigenvalue weighted by Crippen LogP contribution is -2.14. The summed E-state index contributed by atoms with van der Waals surface area (Å²) in [7, 11) is 1.59. The molecule has 7 nitrogen and oxygen atoms in total. The van der Waals surface area contributed by atoms with E-state index in [0.717, 1.165) is 5.75 Å². The van der Waals surface area contributed by atoms with Gasteiger partial charge in [0.15, 0.2) is 5.65 Å². The van der Waals surface area contributed by atoms with Gasteiger partial charge < -0.3 is 15.0 Å². The maximum absolute atomic E-state index is 12.0. The van der Waals surface area contributed by atoms with E-state index in [1.807, 2.05) is 0 Å². The van der Waals surface area contributed by atoms with Crippen LogP contribution in [0.25, 0.3) is 11.2 Å². The minimum absolute atomic E-state index is 0.0997. The molecule has 1 aromatic carbocycles. The van der Waals surface area contributed by atoms with Crippen LogP contribution in [0, 0.1) is 0 Å². The highest BCUT2D eigenvalue weighted by Gasteiger charge is 2.12. The SMILES string of the molecule is COc1ccc(NC(=O)CSc2nc(Cl)nc3nc[nH]c23)cc1. The van der Waals surface area contributed by atoms with Crippen LogP contribution in [-0.2, 0) is 4.79 Å². The van der Waals surface area contributed by atoms with Gasteiger partial charge in [0, 0.05) is 5.69 Å². The Balaban J connectivity index is 1.64. The van der Waals surface area contributed by atoms with Gasteiger partial charge in [-0.05, 0) is 35.9 Å². The van der Waals surface area contributed by atoms with Crippen LogP contribution >= 0.6 is 23.4 Å². The van der Waals surface area contributed by atoms with Crippen molar-refractivity contribution in [2.24, 2.45) is 0 Å². The van der Waals surface area contributed by atoms with Crippen molar-refractivity contribution >= 4 is 46.1 Å². The zero-order valence-electron chi connectivity index (χ0n) is 12.0. The molecule has 0 radical (unpaired) electrons. The predicted octanol–water partition coefficient (Wildman–Crippen LogP) is 2.75. The summed E-state index contributed by atoms with van der Waals surface area (Å²) in [5.74, 6) is 0.769. The summed E-state index contributed by atoms with van der Waals surface area (Å²) in [5.41, 5.74) is 1.84. The number of amides is 1. The molecule has 0 aliphatic carbocycles. The highest BCUT2D eigenvalue weighted by Crippen LogP contribution is 2.24. The van der Waals surface area contributed by atoms with Crippen molar-refractivity contribution in [2.75, 3.05) is 18.2 Å². The Kier molecular flexibility index (Phi) is 4.63. The number of carbonyl (C=O) groups excluding carboxylic acids is 1. The standard InChI is InChI=1S/C14H12ClN5O2S/c1-22-9-4-2-8(3-5-9)18-10(21)6-23-13-11-12(17-7-16-11)19-14(15)20-13/h2-5,7H,6H2,1H3,(H,18,21)(H,16,17,19,20). The molecule has 0 unspecified atom stereocenters. The number of hydrogen-bond acceptors (Lipinski definition) is 6. The Hall–Kier alpha value is -2.32. The van der Waals surface area contributed by atoms with Crippen LogP contribution in [-0.4, -0.2) is 38.7 Å². The van der Waals surface area contributed by atoms with E-state index in [4.69, 9.17) is 16.3 Å². The molecular weight excluding hydrogens is 338 g/mol. The Morgan fingerprint density at radius 1 is 1.35 bits per heavy atom. The van der Waals surface area contributed by atoms with Gasteiger partial charge in [-0.1, -0.05) is 11.8 Å². The average Bonchev–Trinajstić information content (AvgIpc) is 3.01. The molecule has 118 valence electrons. The summed E-state index contributed by atoms with van der Waals surface area (Å²) in [6.07, 6.45) is 1.51. The molecule has 0 bridgehead atoms. The van der Waals surface area contributed by atoms with E-state index in [1.54, 1.807) is 31.4 Å².